The lowest BCUT2D eigenvalue weighted by Gasteiger charge is -2.22. The normalized spacial score (nSPS) is 14.6. The maximum Gasteiger partial charge on any atom is 0.339 e. The molecule has 0 aliphatic carbocycles. The van der Waals surface area contributed by atoms with Gasteiger partial charge in [0.1, 0.15) is 11.3 Å². The Morgan fingerprint density at radius 1 is 1.12 bits per heavy atom. The van der Waals surface area contributed by atoms with E-state index in [1.54, 1.807) is 13.2 Å². The molecule has 1 aliphatic rings. The van der Waals surface area contributed by atoms with Crippen molar-refractivity contribution in [3.05, 3.63) is 75.1 Å². The number of rotatable bonds is 6. The second-order valence-electron chi connectivity index (χ2n) is 8.67. The molecule has 0 unspecified atom stereocenters. The Balaban J connectivity index is 1.36. The Morgan fingerprint density at radius 3 is 2.65 bits per heavy atom. The van der Waals surface area contributed by atoms with Gasteiger partial charge in [-0.05, 0) is 55.2 Å². The minimum atomic E-state index is -0.393. The van der Waals surface area contributed by atoms with Gasteiger partial charge in [-0.3, -0.25) is 9.69 Å². The van der Waals surface area contributed by atoms with Gasteiger partial charge in [0.15, 0.2) is 0 Å². The Bertz CT molecular complexity index is 1270. The van der Waals surface area contributed by atoms with Crippen molar-refractivity contribution in [2.45, 2.75) is 32.7 Å². The highest BCUT2D eigenvalue weighted by atomic mass is 16.5. The molecule has 4 rings (SSSR count). The van der Waals surface area contributed by atoms with Crippen molar-refractivity contribution in [2.24, 2.45) is 0 Å². The van der Waals surface area contributed by atoms with Crippen LogP contribution in [0.25, 0.3) is 11.0 Å². The molecule has 176 valence electrons. The molecule has 7 heteroatoms. The molecule has 1 aliphatic heterocycles. The molecule has 0 spiro atoms. The fourth-order valence-corrected chi connectivity index (χ4v) is 4.50. The maximum absolute atomic E-state index is 13.0. The Kier molecular flexibility index (Phi) is 7.29. The number of nitriles is 1. The van der Waals surface area contributed by atoms with Crippen molar-refractivity contribution in [1.29, 1.82) is 5.26 Å². The van der Waals surface area contributed by atoms with Gasteiger partial charge >= 0.3 is 5.63 Å². The summed E-state index contributed by atoms with van der Waals surface area (Å²) in [7, 11) is 1.57. The summed E-state index contributed by atoms with van der Waals surface area (Å²) in [6.07, 6.45) is 1.55. The predicted octanol–water partition coefficient (Wildman–Crippen LogP) is 3.65. The van der Waals surface area contributed by atoms with Crippen molar-refractivity contribution in [2.75, 3.05) is 33.3 Å². The standard InChI is InChI=1S/C27H29N3O4/c1-19-23-9-8-22(33-2)16-25(23)34-27(32)24(19)10-11-26(31)30-13-3-12-29(14-15-30)18-21-6-4-20(17-28)5-7-21/h4-9,16H,3,10-15,18H2,1-2H3. The van der Waals surface area contributed by atoms with E-state index in [9.17, 15) is 9.59 Å². The lowest BCUT2D eigenvalue weighted by Crippen LogP contribution is -2.35. The van der Waals surface area contributed by atoms with Gasteiger partial charge in [-0.2, -0.15) is 5.26 Å². The summed E-state index contributed by atoms with van der Waals surface area (Å²) in [6, 6.07) is 15.2. The lowest BCUT2D eigenvalue weighted by atomic mass is 10.0. The molecule has 0 saturated carbocycles. The molecule has 3 aromatic rings. The van der Waals surface area contributed by atoms with E-state index in [0.29, 0.717) is 42.0 Å². The number of hydrogen-bond acceptors (Lipinski definition) is 6. The molecule has 1 aromatic heterocycles. The van der Waals surface area contributed by atoms with Gasteiger partial charge < -0.3 is 14.1 Å². The van der Waals surface area contributed by atoms with Gasteiger partial charge in [-0.1, -0.05) is 12.1 Å². The summed E-state index contributed by atoms with van der Waals surface area (Å²) in [6.45, 7) is 5.80. The summed E-state index contributed by atoms with van der Waals surface area (Å²) in [5.74, 6) is 0.696. The van der Waals surface area contributed by atoms with E-state index in [4.69, 9.17) is 14.4 Å². The van der Waals surface area contributed by atoms with Gasteiger partial charge in [0.2, 0.25) is 5.91 Å². The third-order valence-electron chi connectivity index (χ3n) is 6.51. The van der Waals surface area contributed by atoms with Crippen molar-refractivity contribution in [3.63, 3.8) is 0 Å². The van der Waals surface area contributed by atoms with E-state index in [-0.39, 0.29) is 12.3 Å². The third kappa shape index (κ3) is 5.29. The highest BCUT2D eigenvalue weighted by Crippen LogP contribution is 2.24. The van der Waals surface area contributed by atoms with Gasteiger partial charge in [0.05, 0.1) is 18.7 Å². The number of hydrogen-bond donors (Lipinski definition) is 0. The number of fused-ring (bicyclic) bond motifs is 1. The first kappa shape index (κ1) is 23.5. The molecule has 0 N–H and O–H groups in total. The van der Waals surface area contributed by atoms with E-state index >= 15 is 0 Å². The zero-order valence-electron chi connectivity index (χ0n) is 19.7. The molecule has 2 aromatic carbocycles. The van der Waals surface area contributed by atoms with Crippen molar-refractivity contribution in [1.82, 2.24) is 9.80 Å². The Labute approximate surface area is 199 Å². The van der Waals surface area contributed by atoms with E-state index in [1.807, 2.05) is 48.2 Å². The third-order valence-corrected chi connectivity index (χ3v) is 6.51. The van der Waals surface area contributed by atoms with Gasteiger partial charge in [-0.25, -0.2) is 4.79 Å². The molecule has 2 heterocycles. The van der Waals surface area contributed by atoms with E-state index in [2.05, 4.69) is 11.0 Å². The van der Waals surface area contributed by atoms with Crippen molar-refractivity contribution >= 4 is 16.9 Å². The van der Waals surface area contributed by atoms with Gasteiger partial charge in [0, 0.05) is 56.2 Å². The number of amides is 1. The lowest BCUT2D eigenvalue weighted by molar-refractivity contribution is -0.131. The first-order valence-electron chi connectivity index (χ1n) is 11.6. The van der Waals surface area contributed by atoms with Crippen LogP contribution in [-0.4, -0.2) is 49.0 Å². The second-order valence-corrected chi connectivity index (χ2v) is 8.67. The SMILES string of the molecule is COc1ccc2c(C)c(CCC(=O)N3CCCN(Cc4ccc(C#N)cc4)CC3)c(=O)oc2c1. The topological polar surface area (TPSA) is 86.8 Å². The summed E-state index contributed by atoms with van der Waals surface area (Å²) in [4.78, 5) is 29.8. The minimum absolute atomic E-state index is 0.0638. The molecule has 0 radical (unpaired) electrons. The number of carbonyl (C=O) groups excluding carboxylic acids is 1. The first-order valence-corrected chi connectivity index (χ1v) is 11.6. The van der Waals surface area contributed by atoms with Crippen LogP contribution in [-0.2, 0) is 17.8 Å². The minimum Gasteiger partial charge on any atom is -0.497 e. The van der Waals surface area contributed by atoms with Crippen LogP contribution in [0.1, 0.15) is 35.1 Å². The highest BCUT2D eigenvalue weighted by molar-refractivity contribution is 5.82. The highest BCUT2D eigenvalue weighted by Gasteiger charge is 2.20. The molecule has 0 atom stereocenters. The van der Waals surface area contributed by atoms with Gasteiger partial charge in [0.25, 0.3) is 0 Å². The molecule has 34 heavy (non-hydrogen) atoms. The summed E-state index contributed by atoms with van der Waals surface area (Å²) in [5, 5.41) is 9.81. The summed E-state index contributed by atoms with van der Waals surface area (Å²) < 4.78 is 10.7. The number of benzene rings is 2. The zero-order chi connectivity index (χ0) is 24.1. The zero-order valence-corrected chi connectivity index (χ0v) is 19.7. The average molecular weight is 460 g/mol. The molecule has 7 nitrogen and oxygen atoms in total. The van der Waals surface area contributed by atoms with Crippen LogP contribution in [0.4, 0.5) is 0 Å². The monoisotopic (exact) mass is 459 g/mol. The maximum atomic E-state index is 13.0. The number of carbonyl (C=O) groups is 1. The van der Waals surface area contributed by atoms with Crippen LogP contribution in [0.2, 0.25) is 0 Å². The van der Waals surface area contributed by atoms with Crippen LogP contribution in [0.15, 0.2) is 51.7 Å². The molecular weight excluding hydrogens is 430 g/mol. The van der Waals surface area contributed by atoms with Crippen LogP contribution in [0.3, 0.4) is 0 Å². The summed E-state index contributed by atoms with van der Waals surface area (Å²) in [5.41, 5.74) is 3.33. The Hall–Kier alpha value is -3.63. The number of aryl methyl sites for hydroxylation is 1. The van der Waals surface area contributed by atoms with Crippen molar-refractivity contribution in [3.8, 4) is 11.8 Å². The number of ether oxygens (including phenoxy) is 1. The smallest absolute Gasteiger partial charge is 0.339 e. The van der Waals surface area contributed by atoms with Gasteiger partial charge in [-0.15, -0.1) is 0 Å². The predicted molar refractivity (Wildman–Crippen MR) is 130 cm³/mol. The van der Waals surface area contributed by atoms with Crippen LogP contribution >= 0.6 is 0 Å². The molecular formula is C27H29N3O4. The van der Waals surface area contributed by atoms with Crippen LogP contribution in [0, 0.1) is 18.3 Å². The average Bonchev–Trinajstić information content (AvgIpc) is 3.09. The molecule has 0 bridgehead atoms. The quantitative estimate of drug-likeness (QED) is 0.523. The molecule has 1 amide bonds. The fourth-order valence-electron chi connectivity index (χ4n) is 4.50. The number of methoxy groups -OCH3 is 1. The van der Waals surface area contributed by atoms with E-state index < -0.39 is 5.63 Å². The molecule has 1 fully saturated rings. The van der Waals surface area contributed by atoms with E-state index in [1.165, 1.54) is 0 Å². The number of nitrogens with zero attached hydrogens (tertiary/aromatic N) is 3. The van der Waals surface area contributed by atoms with Crippen LogP contribution < -0.4 is 10.4 Å². The second kappa shape index (κ2) is 10.5. The fraction of sp³-hybridized carbons (Fsp3) is 0.370. The largest absolute Gasteiger partial charge is 0.497 e. The van der Waals surface area contributed by atoms with E-state index in [0.717, 1.165) is 42.6 Å². The first-order chi connectivity index (χ1) is 16.5. The Morgan fingerprint density at radius 2 is 1.91 bits per heavy atom. The van der Waals surface area contributed by atoms with Crippen LogP contribution in [0.5, 0.6) is 5.75 Å². The van der Waals surface area contributed by atoms with Crippen molar-refractivity contribution < 1.29 is 13.9 Å². The summed E-state index contributed by atoms with van der Waals surface area (Å²) >= 11 is 0. The molecule has 1 saturated heterocycles.